The first-order valence-electron chi connectivity index (χ1n) is 8.87. The highest BCUT2D eigenvalue weighted by Crippen LogP contribution is 2.11. The van der Waals surface area contributed by atoms with E-state index in [2.05, 4.69) is 46.2 Å². The number of benzene rings is 1. The zero-order valence-corrected chi connectivity index (χ0v) is 15.0. The summed E-state index contributed by atoms with van der Waals surface area (Å²) >= 11 is 0. The summed E-state index contributed by atoms with van der Waals surface area (Å²) in [7, 11) is 0. The Morgan fingerprint density at radius 1 is 1.12 bits per heavy atom. The minimum Gasteiger partial charge on any atom is -0.379 e. The molecule has 1 saturated heterocycles. The van der Waals surface area contributed by atoms with Crippen molar-refractivity contribution in [3.8, 4) is 0 Å². The Labute approximate surface area is 152 Å². The van der Waals surface area contributed by atoms with Gasteiger partial charge in [0.2, 0.25) is 0 Å². The van der Waals surface area contributed by atoms with E-state index in [9.17, 15) is 0 Å². The molecule has 0 N–H and O–H groups in total. The van der Waals surface area contributed by atoms with Gasteiger partial charge in [-0.05, 0) is 12.5 Å². The Morgan fingerprint density at radius 3 is 2.77 bits per heavy atom. The zero-order chi connectivity index (χ0) is 17.8. The maximum Gasteiger partial charge on any atom is 0.172 e. The second-order valence-corrected chi connectivity index (χ2v) is 6.57. The minimum absolute atomic E-state index is 0.525. The summed E-state index contributed by atoms with van der Waals surface area (Å²) in [5.74, 6) is 1.73. The van der Waals surface area contributed by atoms with Crippen LogP contribution in [-0.4, -0.2) is 60.7 Å². The highest BCUT2D eigenvalue weighted by molar-refractivity contribution is 5.22. The van der Waals surface area contributed by atoms with E-state index < -0.39 is 0 Å². The van der Waals surface area contributed by atoms with Gasteiger partial charge in [-0.25, -0.2) is 19.3 Å². The lowest BCUT2D eigenvalue weighted by atomic mass is 10.1. The van der Waals surface area contributed by atoms with Crippen molar-refractivity contribution in [2.45, 2.75) is 26.6 Å². The molecule has 0 amide bonds. The fourth-order valence-corrected chi connectivity index (χ4v) is 3.14. The third-order valence-corrected chi connectivity index (χ3v) is 4.45. The standard InChI is InChI=1S/C18H23N7O/c1-15-3-2-4-16(9-15)10-25-18(12-23-5-7-26-8-6-23)21-17(22-25)11-24-14-19-13-20-24/h2-4,9,13-14H,5-8,10-12H2,1H3. The first-order chi connectivity index (χ1) is 12.8. The SMILES string of the molecule is Cc1cccc(Cn2nc(Cn3cncn3)nc2CN2CCOCC2)c1. The molecule has 3 heterocycles. The average Bonchev–Trinajstić information content (AvgIpc) is 3.27. The molecule has 0 unspecified atom stereocenters. The number of rotatable bonds is 6. The largest absolute Gasteiger partial charge is 0.379 e. The van der Waals surface area contributed by atoms with Gasteiger partial charge in [0.05, 0.1) is 26.3 Å². The first kappa shape index (κ1) is 16.9. The van der Waals surface area contributed by atoms with Gasteiger partial charge in [0.25, 0.3) is 0 Å². The lowest BCUT2D eigenvalue weighted by Crippen LogP contribution is -2.36. The lowest BCUT2D eigenvalue weighted by Gasteiger charge is -2.26. The summed E-state index contributed by atoms with van der Waals surface area (Å²) in [6.07, 6.45) is 3.21. The number of morpholine rings is 1. The van der Waals surface area contributed by atoms with Crippen LogP contribution in [0.2, 0.25) is 0 Å². The smallest absolute Gasteiger partial charge is 0.172 e. The van der Waals surface area contributed by atoms with Crippen LogP contribution in [0.5, 0.6) is 0 Å². The van der Waals surface area contributed by atoms with Gasteiger partial charge in [-0.15, -0.1) is 0 Å². The monoisotopic (exact) mass is 353 g/mol. The number of nitrogens with zero attached hydrogens (tertiary/aromatic N) is 7. The van der Waals surface area contributed by atoms with E-state index in [1.807, 2.05) is 4.68 Å². The number of aromatic nitrogens is 6. The first-order valence-corrected chi connectivity index (χ1v) is 8.87. The lowest BCUT2D eigenvalue weighted by molar-refractivity contribution is 0.0325. The van der Waals surface area contributed by atoms with E-state index in [0.717, 1.165) is 44.5 Å². The molecule has 0 atom stereocenters. The molecule has 2 aromatic heterocycles. The van der Waals surface area contributed by atoms with Gasteiger partial charge < -0.3 is 4.74 Å². The van der Waals surface area contributed by atoms with Gasteiger partial charge in [0, 0.05) is 13.1 Å². The van der Waals surface area contributed by atoms with Gasteiger partial charge in [-0.3, -0.25) is 4.90 Å². The van der Waals surface area contributed by atoms with Gasteiger partial charge in [0.1, 0.15) is 25.0 Å². The third kappa shape index (κ3) is 4.14. The molecule has 0 spiro atoms. The molecule has 4 rings (SSSR count). The van der Waals surface area contributed by atoms with Crippen molar-refractivity contribution < 1.29 is 4.74 Å². The van der Waals surface area contributed by atoms with Crippen LogP contribution in [0.1, 0.15) is 22.8 Å². The fraction of sp³-hybridized carbons (Fsp3) is 0.444. The van der Waals surface area contributed by atoms with Crippen LogP contribution in [0.4, 0.5) is 0 Å². The van der Waals surface area contributed by atoms with Crippen molar-refractivity contribution >= 4 is 0 Å². The summed E-state index contributed by atoms with van der Waals surface area (Å²) < 4.78 is 9.20. The maximum atomic E-state index is 5.45. The average molecular weight is 353 g/mol. The summed E-state index contributed by atoms with van der Waals surface area (Å²) in [5, 5.41) is 8.89. The van der Waals surface area contributed by atoms with Crippen LogP contribution in [0, 0.1) is 6.92 Å². The Balaban J connectivity index is 1.57. The van der Waals surface area contributed by atoms with E-state index >= 15 is 0 Å². The molecular weight excluding hydrogens is 330 g/mol. The molecule has 3 aromatic rings. The van der Waals surface area contributed by atoms with Crippen molar-refractivity contribution in [2.75, 3.05) is 26.3 Å². The van der Waals surface area contributed by atoms with Crippen LogP contribution >= 0.6 is 0 Å². The summed E-state index contributed by atoms with van der Waals surface area (Å²) in [6.45, 7) is 7.53. The molecule has 8 heteroatoms. The number of hydrogen-bond acceptors (Lipinski definition) is 6. The molecule has 1 aromatic carbocycles. The van der Waals surface area contributed by atoms with Crippen LogP contribution in [-0.2, 0) is 24.4 Å². The normalized spacial score (nSPS) is 15.4. The molecule has 136 valence electrons. The second-order valence-electron chi connectivity index (χ2n) is 6.57. The predicted molar refractivity (Wildman–Crippen MR) is 95.5 cm³/mol. The Hall–Kier alpha value is -2.58. The van der Waals surface area contributed by atoms with Crippen LogP contribution in [0.3, 0.4) is 0 Å². The topological polar surface area (TPSA) is 73.9 Å². The minimum atomic E-state index is 0.525. The molecule has 26 heavy (non-hydrogen) atoms. The number of hydrogen-bond donors (Lipinski definition) is 0. The van der Waals surface area contributed by atoms with Crippen molar-refractivity contribution in [3.63, 3.8) is 0 Å². The number of ether oxygens (including phenoxy) is 1. The van der Waals surface area contributed by atoms with Crippen LogP contribution in [0.25, 0.3) is 0 Å². The second kappa shape index (κ2) is 7.76. The molecule has 1 aliphatic rings. The number of aryl methyl sites for hydroxylation is 1. The molecule has 1 fully saturated rings. The highest BCUT2D eigenvalue weighted by Gasteiger charge is 2.17. The molecule has 0 saturated carbocycles. The Kier molecular flexibility index (Phi) is 5.03. The fourth-order valence-electron chi connectivity index (χ4n) is 3.14. The van der Waals surface area contributed by atoms with E-state index in [0.29, 0.717) is 13.1 Å². The molecule has 0 aliphatic carbocycles. The van der Waals surface area contributed by atoms with Gasteiger partial charge >= 0.3 is 0 Å². The molecule has 1 aliphatic heterocycles. The van der Waals surface area contributed by atoms with E-state index in [-0.39, 0.29) is 0 Å². The molecule has 8 nitrogen and oxygen atoms in total. The van der Waals surface area contributed by atoms with Crippen molar-refractivity contribution in [2.24, 2.45) is 0 Å². The summed E-state index contributed by atoms with van der Waals surface area (Å²) in [5.41, 5.74) is 2.48. The van der Waals surface area contributed by atoms with E-state index in [1.54, 1.807) is 11.0 Å². The molecule has 0 bridgehead atoms. The summed E-state index contributed by atoms with van der Waals surface area (Å²) in [6, 6.07) is 8.51. The summed E-state index contributed by atoms with van der Waals surface area (Å²) in [4.78, 5) is 11.1. The van der Waals surface area contributed by atoms with E-state index in [1.165, 1.54) is 17.5 Å². The maximum absolute atomic E-state index is 5.45. The highest BCUT2D eigenvalue weighted by atomic mass is 16.5. The quantitative estimate of drug-likeness (QED) is 0.661. The van der Waals surface area contributed by atoms with Crippen molar-refractivity contribution in [1.29, 1.82) is 0 Å². The van der Waals surface area contributed by atoms with Gasteiger partial charge in [-0.1, -0.05) is 29.8 Å². The molecule has 0 radical (unpaired) electrons. The van der Waals surface area contributed by atoms with E-state index in [4.69, 9.17) is 14.8 Å². The third-order valence-electron chi connectivity index (χ3n) is 4.45. The Bertz CT molecular complexity index is 837. The zero-order valence-electron chi connectivity index (χ0n) is 15.0. The van der Waals surface area contributed by atoms with Crippen LogP contribution in [0.15, 0.2) is 36.9 Å². The van der Waals surface area contributed by atoms with Gasteiger partial charge in [-0.2, -0.15) is 10.2 Å². The van der Waals surface area contributed by atoms with Crippen LogP contribution < -0.4 is 0 Å². The predicted octanol–water partition coefficient (Wildman–Crippen LogP) is 1.11. The van der Waals surface area contributed by atoms with Crippen molar-refractivity contribution in [3.05, 3.63) is 59.7 Å². The van der Waals surface area contributed by atoms with Gasteiger partial charge in [0.15, 0.2) is 5.82 Å². The Morgan fingerprint density at radius 2 is 2.00 bits per heavy atom. The van der Waals surface area contributed by atoms with Crippen molar-refractivity contribution in [1.82, 2.24) is 34.4 Å². The molecular formula is C18H23N7O.